The lowest BCUT2D eigenvalue weighted by molar-refractivity contribution is -0.113. The van der Waals surface area contributed by atoms with Crippen molar-refractivity contribution in [2.75, 3.05) is 7.05 Å². The molecular weight excluding hydrogens is 158 g/mol. The van der Waals surface area contributed by atoms with Crippen LogP contribution in [0.2, 0.25) is 0 Å². The van der Waals surface area contributed by atoms with Crippen LogP contribution in [0.25, 0.3) is 0 Å². The summed E-state index contributed by atoms with van der Waals surface area (Å²) in [5.41, 5.74) is 0. The minimum atomic E-state index is 0.789. The van der Waals surface area contributed by atoms with Gasteiger partial charge in [0.1, 0.15) is 0 Å². The van der Waals surface area contributed by atoms with Gasteiger partial charge in [0, 0.05) is 11.9 Å². The number of benzene rings is 1. The zero-order valence-electron chi connectivity index (χ0n) is 6.23. The molecule has 11 heavy (non-hydrogen) atoms. The largest absolute Gasteiger partial charge is 0.288 e. The molecule has 0 aromatic heterocycles. The van der Waals surface area contributed by atoms with E-state index in [4.69, 9.17) is 0 Å². The van der Waals surface area contributed by atoms with E-state index in [0.717, 1.165) is 11.3 Å². The topological polar surface area (TPSA) is 20.3 Å². The van der Waals surface area contributed by atoms with Crippen molar-refractivity contribution in [2.24, 2.45) is 0 Å². The van der Waals surface area contributed by atoms with Crippen LogP contribution in [0.1, 0.15) is 0 Å². The number of nitrogens with zero attached hydrogens (tertiary/aromatic N) is 1. The Kier molecular flexibility index (Phi) is 2.98. The zero-order chi connectivity index (χ0) is 8.10. The predicted octanol–water partition coefficient (Wildman–Crippen LogP) is 1.78. The molecular formula is C8H9NOS. The molecule has 0 fully saturated rings. The van der Waals surface area contributed by atoms with E-state index < -0.39 is 0 Å². The molecule has 0 bridgehead atoms. The van der Waals surface area contributed by atoms with E-state index in [2.05, 4.69) is 0 Å². The van der Waals surface area contributed by atoms with E-state index in [1.54, 1.807) is 7.05 Å². The Balaban J connectivity index is 2.57. The minimum Gasteiger partial charge on any atom is -0.288 e. The van der Waals surface area contributed by atoms with Crippen molar-refractivity contribution >= 4 is 18.4 Å². The van der Waals surface area contributed by atoms with Gasteiger partial charge in [-0.3, -0.25) is 9.10 Å². The van der Waals surface area contributed by atoms with Crippen molar-refractivity contribution in [1.29, 1.82) is 0 Å². The molecule has 3 heteroatoms. The zero-order valence-corrected chi connectivity index (χ0v) is 7.04. The van der Waals surface area contributed by atoms with Gasteiger partial charge in [-0.2, -0.15) is 0 Å². The summed E-state index contributed by atoms with van der Waals surface area (Å²) >= 11 is 1.41. The molecule has 58 valence electrons. The maximum absolute atomic E-state index is 10.2. The first-order valence-corrected chi connectivity index (χ1v) is 4.01. The quantitative estimate of drug-likeness (QED) is 0.505. The molecule has 0 atom stereocenters. The summed E-state index contributed by atoms with van der Waals surface area (Å²) in [6.07, 6.45) is 0.789. The van der Waals surface area contributed by atoms with Crippen LogP contribution in [0, 0.1) is 0 Å². The molecule has 0 radical (unpaired) electrons. The molecule has 1 aromatic carbocycles. The molecule has 0 heterocycles. The van der Waals surface area contributed by atoms with E-state index >= 15 is 0 Å². The lowest BCUT2D eigenvalue weighted by Gasteiger charge is -2.07. The average molecular weight is 167 g/mol. The van der Waals surface area contributed by atoms with Crippen molar-refractivity contribution in [3.8, 4) is 0 Å². The molecule has 1 aromatic rings. The fourth-order valence-electron chi connectivity index (χ4n) is 0.669. The number of hydrogen-bond acceptors (Lipinski definition) is 2. The molecule has 0 saturated carbocycles. The molecule has 0 unspecified atom stereocenters. The van der Waals surface area contributed by atoms with Gasteiger partial charge in [0.2, 0.25) is 6.41 Å². The lowest BCUT2D eigenvalue weighted by Crippen LogP contribution is -2.03. The summed E-state index contributed by atoms with van der Waals surface area (Å²) in [4.78, 5) is 11.3. The molecule has 0 saturated heterocycles. The van der Waals surface area contributed by atoms with E-state index in [-0.39, 0.29) is 0 Å². The first-order valence-electron chi connectivity index (χ1n) is 3.24. The van der Waals surface area contributed by atoms with Crippen LogP contribution >= 0.6 is 11.9 Å². The van der Waals surface area contributed by atoms with E-state index in [1.807, 2.05) is 30.3 Å². The van der Waals surface area contributed by atoms with E-state index in [1.165, 1.54) is 16.3 Å². The second-order valence-electron chi connectivity index (χ2n) is 2.06. The van der Waals surface area contributed by atoms with Crippen LogP contribution in [0.5, 0.6) is 0 Å². The second kappa shape index (κ2) is 4.03. The summed E-state index contributed by atoms with van der Waals surface area (Å²) in [6, 6.07) is 9.77. The highest BCUT2D eigenvalue weighted by atomic mass is 32.2. The normalized spacial score (nSPS) is 9.18. The summed E-state index contributed by atoms with van der Waals surface area (Å²) in [7, 11) is 1.73. The Labute approximate surface area is 70.3 Å². The van der Waals surface area contributed by atoms with Crippen molar-refractivity contribution in [3.05, 3.63) is 30.3 Å². The lowest BCUT2D eigenvalue weighted by atomic mass is 10.4. The van der Waals surface area contributed by atoms with Gasteiger partial charge in [-0.1, -0.05) is 18.2 Å². The average Bonchev–Trinajstić information content (AvgIpc) is 2.06. The number of hydrogen-bond donors (Lipinski definition) is 0. The standard InChI is InChI=1S/C8H9NOS/c1-9(7-10)11-8-5-3-2-4-6-8/h2-7H,1H3. The Morgan fingerprint density at radius 1 is 1.36 bits per heavy atom. The SMILES string of the molecule is CN(C=O)Sc1ccccc1. The van der Waals surface area contributed by atoms with Crippen LogP contribution < -0.4 is 0 Å². The monoisotopic (exact) mass is 167 g/mol. The molecule has 0 aliphatic rings. The molecule has 1 rings (SSSR count). The van der Waals surface area contributed by atoms with Gasteiger partial charge in [-0.05, 0) is 24.1 Å². The van der Waals surface area contributed by atoms with Gasteiger partial charge < -0.3 is 0 Å². The number of amides is 1. The minimum absolute atomic E-state index is 0.789. The predicted molar refractivity (Wildman–Crippen MR) is 46.1 cm³/mol. The molecule has 0 aliphatic carbocycles. The van der Waals surface area contributed by atoms with Crippen molar-refractivity contribution in [1.82, 2.24) is 4.31 Å². The summed E-state index contributed by atoms with van der Waals surface area (Å²) in [5, 5.41) is 0. The van der Waals surface area contributed by atoms with Gasteiger partial charge >= 0.3 is 0 Å². The van der Waals surface area contributed by atoms with Crippen LogP contribution in [-0.2, 0) is 4.79 Å². The molecule has 0 N–H and O–H groups in total. The molecule has 1 amide bonds. The molecule has 0 aliphatic heterocycles. The smallest absolute Gasteiger partial charge is 0.219 e. The van der Waals surface area contributed by atoms with E-state index in [9.17, 15) is 4.79 Å². The Bertz CT molecular complexity index is 225. The van der Waals surface area contributed by atoms with E-state index in [0.29, 0.717) is 0 Å². The first kappa shape index (κ1) is 8.14. The van der Waals surface area contributed by atoms with Crippen LogP contribution in [-0.4, -0.2) is 17.8 Å². The number of carbonyl (C=O) groups is 1. The third-order valence-corrected chi connectivity index (χ3v) is 2.00. The van der Waals surface area contributed by atoms with Gasteiger partial charge in [0.05, 0.1) is 0 Å². The highest BCUT2D eigenvalue weighted by molar-refractivity contribution is 7.97. The fourth-order valence-corrected chi connectivity index (χ4v) is 1.32. The maximum atomic E-state index is 10.2. The van der Waals surface area contributed by atoms with Crippen molar-refractivity contribution in [2.45, 2.75) is 4.90 Å². The van der Waals surface area contributed by atoms with Gasteiger partial charge in [0.25, 0.3) is 0 Å². The van der Waals surface area contributed by atoms with Crippen LogP contribution in [0.4, 0.5) is 0 Å². The maximum Gasteiger partial charge on any atom is 0.219 e. The highest BCUT2D eigenvalue weighted by Crippen LogP contribution is 2.18. The van der Waals surface area contributed by atoms with Gasteiger partial charge in [-0.15, -0.1) is 0 Å². The fraction of sp³-hybridized carbons (Fsp3) is 0.125. The molecule has 0 spiro atoms. The Morgan fingerprint density at radius 2 is 2.00 bits per heavy atom. The number of carbonyl (C=O) groups excluding carboxylic acids is 1. The van der Waals surface area contributed by atoms with Crippen LogP contribution in [0.3, 0.4) is 0 Å². The summed E-state index contributed by atoms with van der Waals surface area (Å²) in [6.45, 7) is 0. The van der Waals surface area contributed by atoms with Crippen molar-refractivity contribution in [3.63, 3.8) is 0 Å². The summed E-state index contributed by atoms with van der Waals surface area (Å²) in [5.74, 6) is 0. The van der Waals surface area contributed by atoms with Crippen molar-refractivity contribution < 1.29 is 4.79 Å². The van der Waals surface area contributed by atoms with Gasteiger partial charge in [-0.25, -0.2) is 0 Å². The third kappa shape index (κ3) is 2.63. The van der Waals surface area contributed by atoms with Crippen LogP contribution in [0.15, 0.2) is 35.2 Å². The Hall–Kier alpha value is -0.960. The first-order chi connectivity index (χ1) is 5.33. The highest BCUT2D eigenvalue weighted by Gasteiger charge is 1.95. The Morgan fingerprint density at radius 3 is 2.55 bits per heavy atom. The van der Waals surface area contributed by atoms with Gasteiger partial charge in [0.15, 0.2) is 0 Å². The third-order valence-electron chi connectivity index (χ3n) is 1.14. The summed E-state index contributed by atoms with van der Waals surface area (Å²) < 4.78 is 1.52. The molecule has 2 nitrogen and oxygen atoms in total. The second-order valence-corrected chi connectivity index (χ2v) is 3.29. The number of rotatable bonds is 3.